The number of halogens is 1. The van der Waals surface area contributed by atoms with E-state index in [0.717, 1.165) is 13.0 Å². The van der Waals surface area contributed by atoms with Crippen molar-refractivity contribution in [3.63, 3.8) is 0 Å². The molecule has 0 radical (unpaired) electrons. The summed E-state index contributed by atoms with van der Waals surface area (Å²) in [5.41, 5.74) is 12.1. The standard InChI is InChI=1S/C15H16IN3/c1-19(10-9-12-5-3-2-4-6-12)15-8-7-13(18-17)11-14(15)16/h2-8H,9-11H2,1H3. The maximum absolute atomic E-state index is 8.78. The molecule has 0 aliphatic heterocycles. The number of benzene rings is 1. The van der Waals surface area contributed by atoms with Crippen LogP contribution in [0.1, 0.15) is 12.0 Å². The summed E-state index contributed by atoms with van der Waals surface area (Å²) in [4.78, 5) is 5.51. The average Bonchev–Trinajstić information content (AvgIpc) is 2.45. The molecule has 0 N–H and O–H groups in total. The SMILES string of the molecule is CN(CCc1ccccc1)C1=C(I)CC(=[N+]=[N-])C=C1. The first-order chi connectivity index (χ1) is 9.20. The molecule has 0 atom stereocenters. The molecule has 2 rings (SSSR count). The zero-order valence-electron chi connectivity index (χ0n) is 10.9. The van der Waals surface area contributed by atoms with Crippen LogP contribution in [0.3, 0.4) is 0 Å². The lowest BCUT2D eigenvalue weighted by Gasteiger charge is -2.23. The fourth-order valence-corrected chi connectivity index (χ4v) is 3.02. The third-order valence-electron chi connectivity index (χ3n) is 3.17. The minimum Gasteiger partial charge on any atom is -0.374 e. The van der Waals surface area contributed by atoms with Gasteiger partial charge in [0, 0.05) is 28.9 Å². The summed E-state index contributed by atoms with van der Waals surface area (Å²) in [6, 6.07) is 10.5. The Bertz CT molecular complexity index is 554. The molecule has 0 saturated heterocycles. The van der Waals surface area contributed by atoms with Crippen molar-refractivity contribution in [3.8, 4) is 0 Å². The highest BCUT2D eigenvalue weighted by Gasteiger charge is 2.17. The van der Waals surface area contributed by atoms with Crippen molar-refractivity contribution in [1.82, 2.24) is 4.90 Å². The zero-order chi connectivity index (χ0) is 13.7. The van der Waals surface area contributed by atoms with Gasteiger partial charge in [-0.15, -0.1) is 0 Å². The molecule has 4 heteroatoms. The van der Waals surface area contributed by atoms with E-state index in [4.69, 9.17) is 5.53 Å². The molecule has 1 aromatic rings. The van der Waals surface area contributed by atoms with Crippen LogP contribution in [0.2, 0.25) is 0 Å². The van der Waals surface area contributed by atoms with Crippen LogP contribution in [0.25, 0.3) is 5.53 Å². The number of nitrogens with zero attached hydrogens (tertiary/aromatic N) is 3. The van der Waals surface area contributed by atoms with E-state index >= 15 is 0 Å². The second-order valence-corrected chi connectivity index (χ2v) is 5.85. The molecule has 0 spiro atoms. The van der Waals surface area contributed by atoms with E-state index in [9.17, 15) is 0 Å². The van der Waals surface area contributed by atoms with Gasteiger partial charge in [-0.05, 0) is 40.7 Å². The van der Waals surface area contributed by atoms with Gasteiger partial charge in [-0.3, -0.25) is 0 Å². The van der Waals surface area contributed by atoms with Crippen molar-refractivity contribution in [3.05, 3.63) is 62.9 Å². The molecular weight excluding hydrogens is 349 g/mol. The summed E-state index contributed by atoms with van der Waals surface area (Å²) in [6.07, 6.45) is 5.62. The molecule has 1 aromatic carbocycles. The Morgan fingerprint density at radius 1 is 1.26 bits per heavy atom. The van der Waals surface area contributed by atoms with Gasteiger partial charge in [-0.2, -0.15) is 4.79 Å². The van der Waals surface area contributed by atoms with Crippen LogP contribution < -0.4 is 0 Å². The lowest BCUT2D eigenvalue weighted by molar-refractivity contribution is -0.00549. The third kappa shape index (κ3) is 3.78. The van der Waals surface area contributed by atoms with E-state index in [1.54, 1.807) is 0 Å². The molecular formula is C15H16IN3. The van der Waals surface area contributed by atoms with Crippen LogP contribution in [0.15, 0.2) is 51.8 Å². The Hall–Kier alpha value is -1.39. The predicted molar refractivity (Wildman–Crippen MR) is 86.2 cm³/mol. The molecule has 1 aliphatic rings. The van der Waals surface area contributed by atoms with Gasteiger partial charge in [0.15, 0.2) is 0 Å². The first-order valence-electron chi connectivity index (χ1n) is 6.23. The highest BCUT2D eigenvalue weighted by Crippen LogP contribution is 2.24. The molecule has 98 valence electrons. The predicted octanol–water partition coefficient (Wildman–Crippen LogP) is 3.44. The number of rotatable bonds is 4. The number of hydrogen-bond acceptors (Lipinski definition) is 1. The summed E-state index contributed by atoms with van der Waals surface area (Å²) < 4.78 is 1.21. The maximum atomic E-state index is 8.78. The zero-order valence-corrected chi connectivity index (χ0v) is 13.0. The van der Waals surface area contributed by atoms with Gasteiger partial charge in [0.1, 0.15) is 0 Å². The topological polar surface area (TPSA) is 39.6 Å². The quantitative estimate of drug-likeness (QED) is 0.458. The Balaban J connectivity index is 1.99. The summed E-state index contributed by atoms with van der Waals surface area (Å²) in [7, 11) is 2.10. The fourth-order valence-electron chi connectivity index (χ4n) is 2.04. The van der Waals surface area contributed by atoms with Gasteiger partial charge in [-0.1, -0.05) is 30.3 Å². The van der Waals surface area contributed by atoms with Crippen molar-refractivity contribution >= 4 is 28.3 Å². The maximum Gasteiger partial charge on any atom is 0.296 e. The van der Waals surface area contributed by atoms with Gasteiger partial charge in [0.05, 0.1) is 6.42 Å². The van der Waals surface area contributed by atoms with Gasteiger partial charge in [0.25, 0.3) is 5.71 Å². The highest BCUT2D eigenvalue weighted by molar-refractivity contribution is 14.1. The van der Waals surface area contributed by atoms with Crippen molar-refractivity contribution in [2.75, 3.05) is 13.6 Å². The lowest BCUT2D eigenvalue weighted by Crippen LogP contribution is -2.22. The molecule has 0 fully saturated rings. The Morgan fingerprint density at radius 3 is 2.63 bits per heavy atom. The minimum absolute atomic E-state index is 0.707. The first kappa shape index (κ1) is 14.0. The monoisotopic (exact) mass is 365 g/mol. The van der Waals surface area contributed by atoms with Gasteiger partial charge in [0.2, 0.25) is 0 Å². The van der Waals surface area contributed by atoms with Crippen molar-refractivity contribution in [1.29, 1.82) is 0 Å². The molecule has 0 saturated carbocycles. The smallest absolute Gasteiger partial charge is 0.296 e. The number of likely N-dealkylation sites (N-methyl/N-ethyl adjacent to an activating group) is 1. The van der Waals surface area contributed by atoms with E-state index in [2.05, 4.69) is 63.6 Å². The lowest BCUT2D eigenvalue weighted by atomic mass is 10.1. The third-order valence-corrected chi connectivity index (χ3v) is 4.10. The largest absolute Gasteiger partial charge is 0.374 e. The van der Waals surface area contributed by atoms with Crippen LogP contribution in [0.5, 0.6) is 0 Å². The molecule has 19 heavy (non-hydrogen) atoms. The van der Waals surface area contributed by atoms with E-state index in [1.807, 2.05) is 18.2 Å². The van der Waals surface area contributed by atoms with Crippen LogP contribution in [0.4, 0.5) is 0 Å². The molecule has 1 aliphatic carbocycles. The van der Waals surface area contributed by atoms with Crippen molar-refractivity contribution in [2.45, 2.75) is 12.8 Å². The second-order valence-electron chi connectivity index (χ2n) is 4.55. The van der Waals surface area contributed by atoms with E-state index in [1.165, 1.54) is 14.8 Å². The molecule has 0 amide bonds. The van der Waals surface area contributed by atoms with E-state index < -0.39 is 0 Å². The molecule has 0 aromatic heterocycles. The first-order valence-corrected chi connectivity index (χ1v) is 7.31. The van der Waals surface area contributed by atoms with E-state index in [0.29, 0.717) is 12.1 Å². The fraction of sp³-hybridized carbons (Fsp3) is 0.267. The van der Waals surface area contributed by atoms with Crippen LogP contribution in [-0.2, 0) is 6.42 Å². The highest BCUT2D eigenvalue weighted by atomic mass is 127. The van der Waals surface area contributed by atoms with Crippen LogP contribution in [0, 0.1) is 0 Å². The van der Waals surface area contributed by atoms with Gasteiger partial charge < -0.3 is 10.4 Å². The van der Waals surface area contributed by atoms with Gasteiger partial charge >= 0.3 is 0 Å². The summed E-state index contributed by atoms with van der Waals surface area (Å²) in [6.45, 7) is 0.974. The second kappa shape index (κ2) is 6.68. The Morgan fingerprint density at radius 2 is 2.00 bits per heavy atom. The normalized spacial score (nSPS) is 14.5. The van der Waals surface area contributed by atoms with Crippen LogP contribution in [-0.4, -0.2) is 29.0 Å². The van der Waals surface area contributed by atoms with Crippen molar-refractivity contribution in [2.24, 2.45) is 0 Å². The molecule has 0 bridgehead atoms. The minimum atomic E-state index is 0.707. The Kier molecular flexibility index (Phi) is 4.93. The number of hydrogen-bond donors (Lipinski definition) is 0. The molecule has 3 nitrogen and oxygen atoms in total. The summed E-state index contributed by atoms with van der Waals surface area (Å²) in [5.74, 6) is 0. The van der Waals surface area contributed by atoms with Gasteiger partial charge in [-0.25, -0.2) is 0 Å². The average molecular weight is 365 g/mol. The van der Waals surface area contributed by atoms with Crippen molar-refractivity contribution < 1.29 is 4.79 Å². The van der Waals surface area contributed by atoms with E-state index in [-0.39, 0.29) is 0 Å². The summed E-state index contributed by atoms with van der Waals surface area (Å²) in [5, 5.41) is 0. The Labute approximate surface area is 127 Å². The molecule has 0 heterocycles. The molecule has 0 unspecified atom stereocenters. The van der Waals surface area contributed by atoms with Crippen LogP contribution >= 0.6 is 22.6 Å². The number of allylic oxidation sites excluding steroid dienone is 3. The summed E-state index contributed by atoms with van der Waals surface area (Å²) >= 11 is 2.32.